The zero-order valence-corrected chi connectivity index (χ0v) is 17.5. The molecule has 1 saturated heterocycles. The standard InChI is InChI=1S/C25H30N2O/c1-17(2)20-9-7-19(8-10-20)12-14-25-24(4,5)21-16-18(3)6-11-22(21)27(25)15-13-23(28)26-25/h6-12,14,16-17H,13,15H2,1-5H3,(H,26,28)/b14-12+. The van der Waals surface area contributed by atoms with E-state index in [-0.39, 0.29) is 11.3 Å². The van der Waals surface area contributed by atoms with Gasteiger partial charge in [-0.25, -0.2) is 0 Å². The average Bonchev–Trinajstić information content (AvgIpc) is 2.84. The fraction of sp³-hybridized carbons (Fsp3) is 0.400. The van der Waals surface area contributed by atoms with Crippen LogP contribution in [0.5, 0.6) is 0 Å². The number of carbonyl (C=O) groups is 1. The average molecular weight is 375 g/mol. The molecule has 0 aliphatic carbocycles. The Morgan fingerprint density at radius 2 is 1.82 bits per heavy atom. The molecule has 0 saturated carbocycles. The minimum atomic E-state index is -0.546. The molecule has 0 bridgehead atoms. The van der Waals surface area contributed by atoms with E-state index in [2.05, 4.69) is 99.5 Å². The summed E-state index contributed by atoms with van der Waals surface area (Å²) in [7, 11) is 0. The van der Waals surface area contributed by atoms with E-state index in [1.54, 1.807) is 0 Å². The zero-order chi connectivity index (χ0) is 20.1. The van der Waals surface area contributed by atoms with E-state index in [1.165, 1.54) is 22.4 Å². The summed E-state index contributed by atoms with van der Waals surface area (Å²) in [6.45, 7) is 11.8. The molecule has 1 fully saturated rings. The molecule has 4 rings (SSSR count). The van der Waals surface area contributed by atoms with Crippen LogP contribution in [0.2, 0.25) is 0 Å². The fourth-order valence-electron chi connectivity index (χ4n) is 4.68. The SMILES string of the molecule is Cc1ccc2c(c1)C(C)(C)C1(/C=C/c3ccc(C(C)C)cc3)NC(=O)CCN21. The molecule has 1 N–H and O–H groups in total. The predicted molar refractivity (Wildman–Crippen MR) is 117 cm³/mol. The molecular weight excluding hydrogens is 344 g/mol. The number of hydrogen-bond acceptors (Lipinski definition) is 2. The first-order chi connectivity index (χ1) is 13.2. The van der Waals surface area contributed by atoms with E-state index < -0.39 is 5.66 Å². The van der Waals surface area contributed by atoms with Crippen molar-refractivity contribution in [2.24, 2.45) is 0 Å². The Morgan fingerprint density at radius 3 is 2.50 bits per heavy atom. The maximum atomic E-state index is 12.5. The first kappa shape index (κ1) is 18.8. The quantitative estimate of drug-likeness (QED) is 0.806. The normalized spacial score (nSPS) is 23.1. The molecule has 1 unspecified atom stereocenters. The Morgan fingerprint density at radius 1 is 1.11 bits per heavy atom. The van der Waals surface area contributed by atoms with E-state index in [9.17, 15) is 4.79 Å². The van der Waals surface area contributed by atoms with Crippen molar-refractivity contribution in [3.8, 4) is 0 Å². The van der Waals surface area contributed by atoms with Gasteiger partial charge in [0.05, 0.1) is 0 Å². The van der Waals surface area contributed by atoms with Crippen molar-refractivity contribution < 1.29 is 4.79 Å². The van der Waals surface area contributed by atoms with Crippen LogP contribution in [0.15, 0.2) is 48.5 Å². The van der Waals surface area contributed by atoms with Gasteiger partial charge in [0.15, 0.2) is 0 Å². The van der Waals surface area contributed by atoms with Crippen LogP contribution in [0.3, 0.4) is 0 Å². The highest BCUT2D eigenvalue weighted by Crippen LogP contribution is 2.52. The van der Waals surface area contributed by atoms with Gasteiger partial charge >= 0.3 is 0 Å². The Labute approximate surface area is 168 Å². The maximum absolute atomic E-state index is 12.5. The Hall–Kier alpha value is -2.55. The highest BCUT2D eigenvalue weighted by molar-refractivity contribution is 5.84. The van der Waals surface area contributed by atoms with Crippen molar-refractivity contribution in [3.63, 3.8) is 0 Å². The number of carbonyl (C=O) groups excluding carboxylic acids is 1. The second-order valence-corrected chi connectivity index (χ2v) is 9.02. The van der Waals surface area contributed by atoms with E-state index in [1.807, 2.05) is 0 Å². The lowest BCUT2D eigenvalue weighted by Gasteiger charge is -2.49. The highest BCUT2D eigenvalue weighted by Gasteiger charge is 2.57. The summed E-state index contributed by atoms with van der Waals surface area (Å²) in [6.07, 6.45) is 4.88. The first-order valence-electron chi connectivity index (χ1n) is 10.2. The van der Waals surface area contributed by atoms with Gasteiger partial charge in [-0.15, -0.1) is 0 Å². The molecule has 2 aliphatic rings. The lowest BCUT2D eigenvalue weighted by atomic mass is 9.74. The Bertz CT molecular complexity index is 940. The van der Waals surface area contributed by atoms with Crippen LogP contribution < -0.4 is 10.2 Å². The van der Waals surface area contributed by atoms with Gasteiger partial charge < -0.3 is 10.2 Å². The number of benzene rings is 2. The van der Waals surface area contributed by atoms with Gasteiger partial charge in [0, 0.05) is 24.1 Å². The van der Waals surface area contributed by atoms with Crippen LogP contribution in [0.25, 0.3) is 6.08 Å². The van der Waals surface area contributed by atoms with Crippen LogP contribution >= 0.6 is 0 Å². The largest absolute Gasteiger partial charge is 0.344 e. The van der Waals surface area contributed by atoms with Crippen molar-refractivity contribution in [1.82, 2.24) is 5.32 Å². The summed E-state index contributed by atoms with van der Waals surface area (Å²) in [6, 6.07) is 15.3. The van der Waals surface area contributed by atoms with Crippen molar-refractivity contribution in [2.45, 2.75) is 58.0 Å². The van der Waals surface area contributed by atoms with Crippen LogP contribution in [0, 0.1) is 6.92 Å². The molecule has 2 aromatic carbocycles. The number of hydrogen-bond donors (Lipinski definition) is 1. The molecule has 1 atom stereocenters. The minimum absolute atomic E-state index is 0.119. The summed E-state index contributed by atoms with van der Waals surface area (Å²) in [4.78, 5) is 14.9. The molecule has 0 radical (unpaired) electrons. The van der Waals surface area contributed by atoms with Gasteiger partial charge in [0.1, 0.15) is 5.66 Å². The minimum Gasteiger partial charge on any atom is -0.344 e. The van der Waals surface area contributed by atoms with Crippen LogP contribution in [-0.2, 0) is 10.2 Å². The highest BCUT2D eigenvalue weighted by atomic mass is 16.2. The molecule has 28 heavy (non-hydrogen) atoms. The van der Waals surface area contributed by atoms with Crippen molar-refractivity contribution in [2.75, 3.05) is 11.4 Å². The molecule has 1 amide bonds. The van der Waals surface area contributed by atoms with Gasteiger partial charge in [-0.1, -0.05) is 75.7 Å². The summed E-state index contributed by atoms with van der Waals surface area (Å²) >= 11 is 0. The second-order valence-electron chi connectivity index (χ2n) is 9.02. The fourth-order valence-corrected chi connectivity index (χ4v) is 4.68. The summed E-state index contributed by atoms with van der Waals surface area (Å²) in [5.41, 5.74) is 5.49. The lowest BCUT2D eigenvalue weighted by Crippen LogP contribution is -2.68. The summed E-state index contributed by atoms with van der Waals surface area (Å²) in [5.74, 6) is 0.643. The van der Waals surface area contributed by atoms with E-state index in [0.717, 1.165) is 12.1 Å². The monoisotopic (exact) mass is 374 g/mol. The molecule has 3 nitrogen and oxygen atoms in total. The topological polar surface area (TPSA) is 32.3 Å². The number of rotatable bonds is 3. The lowest BCUT2D eigenvalue weighted by molar-refractivity contribution is -0.124. The Kier molecular flexibility index (Phi) is 4.37. The number of amides is 1. The van der Waals surface area contributed by atoms with Crippen molar-refractivity contribution >= 4 is 17.7 Å². The van der Waals surface area contributed by atoms with Crippen LogP contribution in [0.1, 0.15) is 62.3 Å². The van der Waals surface area contributed by atoms with Crippen LogP contribution in [-0.4, -0.2) is 18.1 Å². The smallest absolute Gasteiger partial charge is 0.223 e. The van der Waals surface area contributed by atoms with E-state index in [4.69, 9.17) is 0 Å². The molecule has 3 heteroatoms. The second kappa shape index (κ2) is 6.51. The third-order valence-corrected chi connectivity index (χ3v) is 6.51. The van der Waals surface area contributed by atoms with Gasteiger partial charge in [-0.05, 0) is 41.7 Å². The summed E-state index contributed by atoms with van der Waals surface area (Å²) in [5, 5.41) is 3.35. The number of anilines is 1. The van der Waals surface area contributed by atoms with Gasteiger partial charge in [-0.3, -0.25) is 4.79 Å². The molecule has 0 spiro atoms. The summed E-state index contributed by atoms with van der Waals surface area (Å²) < 4.78 is 0. The molecule has 2 heterocycles. The molecule has 146 valence electrons. The third-order valence-electron chi connectivity index (χ3n) is 6.51. The molecular formula is C25H30N2O. The molecule has 0 aromatic heterocycles. The molecule has 2 aromatic rings. The van der Waals surface area contributed by atoms with Crippen LogP contribution in [0.4, 0.5) is 5.69 Å². The Balaban J connectivity index is 1.78. The number of fused-ring (bicyclic) bond motifs is 3. The number of nitrogens with zero attached hydrogens (tertiary/aromatic N) is 1. The van der Waals surface area contributed by atoms with Crippen molar-refractivity contribution in [1.29, 1.82) is 0 Å². The number of aryl methyl sites for hydroxylation is 1. The maximum Gasteiger partial charge on any atom is 0.223 e. The zero-order valence-electron chi connectivity index (χ0n) is 17.5. The van der Waals surface area contributed by atoms with Gasteiger partial charge in [0.25, 0.3) is 0 Å². The van der Waals surface area contributed by atoms with Gasteiger partial charge in [-0.2, -0.15) is 0 Å². The van der Waals surface area contributed by atoms with E-state index >= 15 is 0 Å². The van der Waals surface area contributed by atoms with Gasteiger partial charge in [0.2, 0.25) is 5.91 Å². The number of nitrogens with one attached hydrogen (secondary N) is 1. The van der Waals surface area contributed by atoms with E-state index in [0.29, 0.717) is 12.3 Å². The van der Waals surface area contributed by atoms with Crippen molar-refractivity contribution in [3.05, 3.63) is 70.8 Å². The predicted octanol–water partition coefficient (Wildman–Crippen LogP) is 5.15. The first-order valence-corrected chi connectivity index (χ1v) is 10.2. The third kappa shape index (κ3) is 2.76. The molecule has 2 aliphatic heterocycles.